The third-order valence-corrected chi connectivity index (χ3v) is 4.71. The maximum Gasteiger partial charge on any atom is 0.340 e. The second-order valence-corrected chi connectivity index (χ2v) is 6.90. The molecule has 7 heteroatoms. The summed E-state index contributed by atoms with van der Waals surface area (Å²) in [6, 6.07) is 13.1. The maximum absolute atomic E-state index is 12.9. The SMILES string of the molecule is COc1ccc2cc(C(=O)OC(C)C(=O)NCCc3ccc(F)cc3)c(C)nc2c1. The number of nitrogens with one attached hydrogen (secondary N) is 1. The number of fused-ring (bicyclic) bond motifs is 1. The zero-order valence-corrected chi connectivity index (χ0v) is 17.1. The van der Waals surface area contributed by atoms with E-state index in [1.807, 2.05) is 6.07 Å². The van der Waals surface area contributed by atoms with Crippen molar-refractivity contribution in [2.45, 2.75) is 26.4 Å². The number of hydrogen-bond acceptors (Lipinski definition) is 5. The Morgan fingerprint density at radius 2 is 1.87 bits per heavy atom. The minimum atomic E-state index is -0.961. The van der Waals surface area contributed by atoms with E-state index in [4.69, 9.17) is 9.47 Å². The number of nitrogens with zero attached hydrogens (tertiary/aromatic N) is 1. The standard InChI is InChI=1S/C23H23FN2O4/c1-14-20(12-17-6-9-19(29-3)13-21(17)26-14)23(28)30-15(2)22(27)25-11-10-16-4-7-18(24)8-5-16/h4-9,12-13,15H,10-11H2,1-3H3,(H,25,27). The summed E-state index contributed by atoms with van der Waals surface area (Å²) in [7, 11) is 1.58. The summed E-state index contributed by atoms with van der Waals surface area (Å²) < 4.78 is 23.4. The molecule has 30 heavy (non-hydrogen) atoms. The van der Waals surface area contributed by atoms with Crippen LogP contribution in [0.4, 0.5) is 4.39 Å². The topological polar surface area (TPSA) is 77.5 Å². The van der Waals surface area contributed by atoms with Crippen molar-refractivity contribution in [3.63, 3.8) is 0 Å². The zero-order valence-electron chi connectivity index (χ0n) is 17.1. The molecule has 156 valence electrons. The number of carbonyl (C=O) groups excluding carboxylic acids is 2. The van der Waals surface area contributed by atoms with E-state index >= 15 is 0 Å². The Bertz CT molecular complexity index is 1070. The predicted molar refractivity (Wildman–Crippen MR) is 111 cm³/mol. The van der Waals surface area contributed by atoms with E-state index in [0.29, 0.717) is 35.5 Å². The summed E-state index contributed by atoms with van der Waals surface area (Å²) in [5, 5.41) is 3.49. The van der Waals surface area contributed by atoms with Crippen molar-refractivity contribution in [1.29, 1.82) is 0 Å². The van der Waals surface area contributed by atoms with Gasteiger partial charge in [0.15, 0.2) is 6.10 Å². The number of hydrogen-bond donors (Lipinski definition) is 1. The Morgan fingerprint density at radius 1 is 1.13 bits per heavy atom. The van der Waals surface area contributed by atoms with E-state index in [1.54, 1.807) is 44.4 Å². The quantitative estimate of drug-likeness (QED) is 0.603. The molecular formula is C23H23FN2O4. The van der Waals surface area contributed by atoms with Crippen LogP contribution in [0.15, 0.2) is 48.5 Å². The number of methoxy groups -OCH3 is 1. The van der Waals surface area contributed by atoms with Gasteiger partial charge in [0, 0.05) is 18.0 Å². The fourth-order valence-corrected chi connectivity index (χ4v) is 2.98. The van der Waals surface area contributed by atoms with Crippen LogP contribution in [-0.2, 0) is 16.0 Å². The van der Waals surface area contributed by atoms with Gasteiger partial charge in [-0.15, -0.1) is 0 Å². The van der Waals surface area contributed by atoms with E-state index in [9.17, 15) is 14.0 Å². The molecule has 1 unspecified atom stereocenters. The van der Waals surface area contributed by atoms with Crippen LogP contribution in [0.3, 0.4) is 0 Å². The lowest BCUT2D eigenvalue weighted by molar-refractivity contribution is -0.129. The molecule has 0 saturated heterocycles. The fraction of sp³-hybridized carbons (Fsp3) is 0.261. The van der Waals surface area contributed by atoms with E-state index < -0.39 is 18.0 Å². The second kappa shape index (κ2) is 9.35. The molecule has 0 aliphatic carbocycles. The van der Waals surface area contributed by atoms with Gasteiger partial charge in [0.25, 0.3) is 5.91 Å². The van der Waals surface area contributed by atoms with Gasteiger partial charge in [0.05, 0.1) is 23.9 Å². The molecule has 2 aromatic carbocycles. The average Bonchev–Trinajstić information content (AvgIpc) is 2.73. The lowest BCUT2D eigenvalue weighted by atomic mass is 10.1. The van der Waals surface area contributed by atoms with E-state index in [0.717, 1.165) is 10.9 Å². The van der Waals surface area contributed by atoms with Gasteiger partial charge in [0.2, 0.25) is 0 Å². The van der Waals surface area contributed by atoms with Gasteiger partial charge < -0.3 is 14.8 Å². The summed E-state index contributed by atoms with van der Waals surface area (Å²) in [4.78, 5) is 29.3. The van der Waals surface area contributed by atoms with Gasteiger partial charge in [-0.25, -0.2) is 9.18 Å². The summed E-state index contributed by atoms with van der Waals surface area (Å²) in [6.45, 7) is 3.58. The maximum atomic E-state index is 12.9. The molecular weight excluding hydrogens is 387 g/mol. The Labute approximate surface area is 174 Å². The Hall–Kier alpha value is -3.48. The summed E-state index contributed by atoms with van der Waals surface area (Å²) in [6.07, 6.45) is -0.416. The molecule has 1 aromatic heterocycles. The first-order chi connectivity index (χ1) is 14.4. The molecule has 1 N–H and O–H groups in total. The van der Waals surface area contributed by atoms with Crippen molar-refractivity contribution in [3.8, 4) is 5.75 Å². The van der Waals surface area contributed by atoms with Gasteiger partial charge in [-0.1, -0.05) is 12.1 Å². The molecule has 1 heterocycles. The normalized spacial score (nSPS) is 11.7. The van der Waals surface area contributed by atoms with Crippen molar-refractivity contribution in [3.05, 3.63) is 71.2 Å². The Balaban J connectivity index is 1.59. The highest BCUT2D eigenvalue weighted by atomic mass is 19.1. The number of amides is 1. The van der Waals surface area contributed by atoms with Gasteiger partial charge in [-0.3, -0.25) is 9.78 Å². The Morgan fingerprint density at radius 3 is 2.57 bits per heavy atom. The molecule has 1 atom stereocenters. The molecule has 1 amide bonds. The zero-order chi connectivity index (χ0) is 21.7. The lowest BCUT2D eigenvalue weighted by Gasteiger charge is -2.15. The monoisotopic (exact) mass is 410 g/mol. The molecule has 3 aromatic rings. The fourth-order valence-electron chi connectivity index (χ4n) is 2.98. The van der Waals surface area contributed by atoms with Crippen LogP contribution < -0.4 is 10.1 Å². The first kappa shape index (κ1) is 21.2. The van der Waals surface area contributed by atoms with Gasteiger partial charge in [-0.05, 0) is 56.2 Å². The van der Waals surface area contributed by atoms with Crippen LogP contribution in [0.5, 0.6) is 5.75 Å². The number of aromatic nitrogens is 1. The van der Waals surface area contributed by atoms with Crippen molar-refractivity contribution in [2.24, 2.45) is 0 Å². The van der Waals surface area contributed by atoms with Gasteiger partial charge >= 0.3 is 5.97 Å². The lowest BCUT2D eigenvalue weighted by Crippen LogP contribution is -2.37. The molecule has 0 radical (unpaired) electrons. The summed E-state index contributed by atoms with van der Waals surface area (Å²) in [5.41, 5.74) is 2.41. The van der Waals surface area contributed by atoms with Crippen LogP contribution in [0.1, 0.15) is 28.5 Å². The number of ether oxygens (including phenoxy) is 2. The van der Waals surface area contributed by atoms with Crippen molar-refractivity contribution in [1.82, 2.24) is 10.3 Å². The van der Waals surface area contributed by atoms with Crippen LogP contribution in [0.2, 0.25) is 0 Å². The number of benzene rings is 2. The number of carbonyl (C=O) groups is 2. The predicted octanol–water partition coefficient (Wildman–Crippen LogP) is 3.60. The minimum absolute atomic E-state index is 0.304. The number of rotatable bonds is 7. The molecule has 0 spiro atoms. The van der Waals surface area contributed by atoms with Crippen molar-refractivity contribution >= 4 is 22.8 Å². The molecule has 0 bridgehead atoms. The Kier molecular flexibility index (Phi) is 6.61. The van der Waals surface area contributed by atoms with Crippen LogP contribution in [-0.4, -0.2) is 36.6 Å². The average molecular weight is 410 g/mol. The van der Waals surface area contributed by atoms with Crippen LogP contribution in [0.25, 0.3) is 10.9 Å². The number of pyridine rings is 1. The highest BCUT2D eigenvalue weighted by Crippen LogP contribution is 2.22. The highest BCUT2D eigenvalue weighted by molar-refractivity contribution is 5.96. The summed E-state index contributed by atoms with van der Waals surface area (Å²) >= 11 is 0. The third kappa shape index (κ3) is 5.11. The molecule has 0 fully saturated rings. The van der Waals surface area contributed by atoms with Crippen LogP contribution in [0, 0.1) is 12.7 Å². The van der Waals surface area contributed by atoms with E-state index in [-0.39, 0.29) is 5.82 Å². The molecule has 0 saturated carbocycles. The van der Waals surface area contributed by atoms with Gasteiger partial charge in [0.1, 0.15) is 11.6 Å². The van der Waals surface area contributed by atoms with E-state index in [1.165, 1.54) is 19.1 Å². The molecule has 6 nitrogen and oxygen atoms in total. The van der Waals surface area contributed by atoms with Crippen molar-refractivity contribution < 1.29 is 23.5 Å². The smallest absolute Gasteiger partial charge is 0.340 e. The van der Waals surface area contributed by atoms with Gasteiger partial charge in [-0.2, -0.15) is 0 Å². The number of halogens is 1. The van der Waals surface area contributed by atoms with Crippen molar-refractivity contribution in [2.75, 3.05) is 13.7 Å². The third-order valence-electron chi connectivity index (χ3n) is 4.71. The summed E-state index contributed by atoms with van der Waals surface area (Å²) in [5.74, 6) is -0.642. The second-order valence-electron chi connectivity index (χ2n) is 6.90. The first-order valence-electron chi connectivity index (χ1n) is 9.56. The molecule has 0 aliphatic heterocycles. The molecule has 3 rings (SSSR count). The first-order valence-corrected chi connectivity index (χ1v) is 9.56. The minimum Gasteiger partial charge on any atom is -0.497 e. The number of aryl methyl sites for hydroxylation is 1. The van der Waals surface area contributed by atoms with E-state index in [2.05, 4.69) is 10.3 Å². The molecule has 0 aliphatic rings. The van der Waals surface area contributed by atoms with Crippen LogP contribution >= 0.6 is 0 Å². The largest absolute Gasteiger partial charge is 0.497 e. The highest BCUT2D eigenvalue weighted by Gasteiger charge is 2.21. The number of esters is 1.